The van der Waals surface area contributed by atoms with Gasteiger partial charge in [0.25, 0.3) is 5.91 Å². The number of hydrogen-bond acceptors (Lipinski definition) is 6. The van der Waals surface area contributed by atoms with E-state index in [-0.39, 0.29) is 35.9 Å². The van der Waals surface area contributed by atoms with Gasteiger partial charge in [0.1, 0.15) is 12.0 Å². The quantitative estimate of drug-likeness (QED) is 0.465. The number of benzene rings is 1. The Hall–Kier alpha value is -3.49. The molecule has 0 aliphatic carbocycles. The lowest BCUT2D eigenvalue weighted by molar-refractivity contribution is -0.0521. The van der Waals surface area contributed by atoms with Gasteiger partial charge in [-0.1, -0.05) is 19.9 Å². The largest absolute Gasteiger partial charge is 0.487 e. The van der Waals surface area contributed by atoms with Crippen LogP contribution in [0.1, 0.15) is 48.4 Å². The van der Waals surface area contributed by atoms with Gasteiger partial charge in [-0.05, 0) is 49.6 Å². The number of hydrogen-bond donors (Lipinski definition) is 1. The molecule has 0 spiro atoms. The monoisotopic (exact) mass is 445 g/mol. The summed E-state index contributed by atoms with van der Waals surface area (Å²) < 4.78 is 41.5. The van der Waals surface area contributed by atoms with E-state index in [0.29, 0.717) is 29.8 Å². The van der Waals surface area contributed by atoms with Crippen LogP contribution in [0.3, 0.4) is 0 Å². The fourth-order valence-corrected chi connectivity index (χ4v) is 3.06. The highest BCUT2D eigenvalue weighted by molar-refractivity contribution is 5.93. The fraction of sp³-hybridized carbons (Fsp3) is 0.348. The van der Waals surface area contributed by atoms with Gasteiger partial charge < -0.3 is 19.2 Å². The molecule has 0 bridgehead atoms. The van der Waals surface area contributed by atoms with Crippen LogP contribution in [-0.2, 0) is 6.54 Å². The number of carbonyl (C=O) groups excluding carboxylic acids is 1. The maximum atomic E-state index is 12.8. The predicted molar refractivity (Wildman–Crippen MR) is 114 cm³/mol. The van der Waals surface area contributed by atoms with Crippen molar-refractivity contribution in [1.82, 2.24) is 15.3 Å². The molecule has 3 rings (SSSR count). The molecule has 1 N–H and O–H groups in total. The summed E-state index contributed by atoms with van der Waals surface area (Å²) in [6.07, 6.45) is 4.27. The third kappa shape index (κ3) is 5.81. The standard InChI is InChI=1S/C23H25F2N3O4/c1-4-17(5-2)31-19-11-15(8-9-18(19)32-23(24)25)22-28-16(13-30-22)12-27-21(29)20-14(3)7-6-10-26-20/h6-11,13,17,23H,4-5,12H2,1-3H3,(H,27,29). The molecule has 0 fully saturated rings. The summed E-state index contributed by atoms with van der Waals surface area (Å²) in [6.45, 7) is 2.88. The second kappa shape index (κ2) is 10.7. The van der Waals surface area contributed by atoms with Crippen LogP contribution in [0, 0.1) is 6.92 Å². The SMILES string of the molecule is CCC(CC)Oc1cc(-c2nc(CNC(=O)c3ncccc3C)co2)ccc1OC(F)F. The van der Waals surface area contributed by atoms with Crippen LogP contribution in [0.2, 0.25) is 0 Å². The van der Waals surface area contributed by atoms with Gasteiger partial charge >= 0.3 is 6.61 Å². The summed E-state index contributed by atoms with van der Waals surface area (Å²) in [6, 6.07) is 8.08. The minimum atomic E-state index is -2.97. The Morgan fingerprint density at radius 1 is 1.16 bits per heavy atom. The molecular formula is C23H25F2N3O4. The number of halogens is 2. The van der Waals surface area contributed by atoms with Crippen molar-refractivity contribution in [3.8, 4) is 23.0 Å². The molecule has 0 radical (unpaired) electrons. The van der Waals surface area contributed by atoms with Crippen molar-refractivity contribution in [2.75, 3.05) is 0 Å². The van der Waals surface area contributed by atoms with Gasteiger partial charge in [0, 0.05) is 11.8 Å². The van der Waals surface area contributed by atoms with Crippen LogP contribution in [0.4, 0.5) is 8.78 Å². The molecule has 7 nitrogen and oxygen atoms in total. The summed E-state index contributed by atoms with van der Waals surface area (Å²) in [5.74, 6) is 0.0823. The maximum absolute atomic E-state index is 12.8. The predicted octanol–water partition coefficient (Wildman–Crippen LogP) is 5.14. The summed E-state index contributed by atoms with van der Waals surface area (Å²) in [4.78, 5) is 20.8. The Labute approximate surface area is 184 Å². The molecule has 32 heavy (non-hydrogen) atoms. The van der Waals surface area contributed by atoms with Gasteiger partial charge in [-0.15, -0.1) is 0 Å². The first-order valence-electron chi connectivity index (χ1n) is 10.3. The molecule has 0 saturated carbocycles. The molecule has 0 aliphatic rings. The Morgan fingerprint density at radius 3 is 2.62 bits per heavy atom. The third-order valence-electron chi connectivity index (χ3n) is 4.82. The lowest BCUT2D eigenvalue weighted by Gasteiger charge is -2.18. The number of alkyl halides is 2. The Bertz CT molecular complexity index is 1050. The van der Waals surface area contributed by atoms with E-state index in [0.717, 1.165) is 5.56 Å². The van der Waals surface area contributed by atoms with Gasteiger partial charge in [0.15, 0.2) is 11.5 Å². The van der Waals surface area contributed by atoms with E-state index in [4.69, 9.17) is 9.15 Å². The number of pyridine rings is 1. The summed E-state index contributed by atoms with van der Waals surface area (Å²) in [5, 5.41) is 2.75. The molecule has 2 aromatic heterocycles. The highest BCUT2D eigenvalue weighted by Gasteiger charge is 2.18. The average molecular weight is 445 g/mol. The lowest BCUT2D eigenvalue weighted by atomic mass is 10.2. The molecule has 1 amide bonds. The minimum Gasteiger partial charge on any atom is -0.487 e. The van der Waals surface area contributed by atoms with Crippen molar-refractivity contribution in [2.24, 2.45) is 0 Å². The number of rotatable bonds is 10. The van der Waals surface area contributed by atoms with Crippen molar-refractivity contribution >= 4 is 5.91 Å². The number of nitrogens with zero attached hydrogens (tertiary/aromatic N) is 2. The normalized spacial score (nSPS) is 11.1. The van der Waals surface area contributed by atoms with Crippen LogP contribution in [0.15, 0.2) is 47.2 Å². The van der Waals surface area contributed by atoms with Crippen LogP contribution >= 0.6 is 0 Å². The van der Waals surface area contributed by atoms with Crippen molar-refractivity contribution < 1.29 is 27.5 Å². The molecule has 0 aliphatic heterocycles. The third-order valence-corrected chi connectivity index (χ3v) is 4.82. The lowest BCUT2D eigenvalue weighted by Crippen LogP contribution is -2.24. The van der Waals surface area contributed by atoms with Gasteiger partial charge in [0.05, 0.1) is 18.3 Å². The topological polar surface area (TPSA) is 86.5 Å². The number of oxazole rings is 1. The number of ether oxygens (including phenoxy) is 2. The van der Waals surface area contributed by atoms with E-state index in [9.17, 15) is 13.6 Å². The number of aryl methyl sites for hydroxylation is 1. The van der Waals surface area contributed by atoms with E-state index in [2.05, 4.69) is 20.0 Å². The van der Waals surface area contributed by atoms with E-state index in [1.54, 1.807) is 37.4 Å². The molecule has 170 valence electrons. The molecule has 9 heteroatoms. The van der Waals surface area contributed by atoms with Crippen molar-refractivity contribution in [1.29, 1.82) is 0 Å². The second-order valence-corrected chi connectivity index (χ2v) is 7.09. The number of aromatic nitrogens is 2. The van der Waals surface area contributed by atoms with Crippen LogP contribution in [0.5, 0.6) is 11.5 Å². The number of amides is 1. The Kier molecular flexibility index (Phi) is 7.75. The maximum Gasteiger partial charge on any atom is 0.387 e. The summed E-state index contributed by atoms with van der Waals surface area (Å²) in [7, 11) is 0. The number of nitrogens with one attached hydrogen (secondary N) is 1. The van der Waals surface area contributed by atoms with Crippen molar-refractivity contribution in [3.05, 3.63) is 59.7 Å². The van der Waals surface area contributed by atoms with Crippen LogP contribution in [-0.4, -0.2) is 28.6 Å². The Balaban J connectivity index is 1.75. The van der Waals surface area contributed by atoms with Crippen LogP contribution in [0.25, 0.3) is 11.5 Å². The summed E-state index contributed by atoms with van der Waals surface area (Å²) >= 11 is 0. The van der Waals surface area contributed by atoms with Crippen LogP contribution < -0.4 is 14.8 Å². The van der Waals surface area contributed by atoms with Gasteiger partial charge in [0.2, 0.25) is 5.89 Å². The van der Waals surface area contributed by atoms with Crippen molar-refractivity contribution in [2.45, 2.75) is 52.9 Å². The van der Waals surface area contributed by atoms with Gasteiger partial charge in [-0.25, -0.2) is 4.98 Å². The smallest absolute Gasteiger partial charge is 0.387 e. The van der Waals surface area contributed by atoms with E-state index < -0.39 is 6.61 Å². The first-order valence-corrected chi connectivity index (χ1v) is 10.3. The zero-order valence-corrected chi connectivity index (χ0v) is 18.1. The molecular weight excluding hydrogens is 420 g/mol. The molecule has 2 heterocycles. The first-order chi connectivity index (χ1) is 15.4. The molecule has 3 aromatic rings. The zero-order chi connectivity index (χ0) is 23.1. The second-order valence-electron chi connectivity index (χ2n) is 7.09. The van der Waals surface area contributed by atoms with E-state index >= 15 is 0 Å². The molecule has 0 unspecified atom stereocenters. The number of carbonyl (C=O) groups is 1. The molecule has 0 atom stereocenters. The first kappa shape index (κ1) is 23.2. The Morgan fingerprint density at radius 2 is 1.94 bits per heavy atom. The van der Waals surface area contributed by atoms with E-state index in [1.807, 2.05) is 13.8 Å². The summed E-state index contributed by atoms with van der Waals surface area (Å²) in [5.41, 5.74) is 2.14. The highest BCUT2D eigenvalue weighted by Crippen LogP contribution is 2.34. The van der Waals surface area contributed by atoms with Gasteiger partial charge in [-0.3, -0.25) is 9.78 Å². The minimum absolute atomic E-state index is 0.0552. The van der Waals surface area contributed by atoms with Crippen molar-refractivity contribution in [3.63, 3.8) is 0 Å². The van der Waals surface area contributed by atoms with Gasteiger partial charge in [-0.2, -0.15) is 8.78 Å². The average Bonchev–Trinajstić information content (AvgIpc) is 3.26. The van der Waals surface area contributed by atoms with E-state index in [1.165, 1.54) is 12.3 Å². The molecule has 0 saturated heterocycles. The highest BCUT2D eigenvalue weighted by atomic mass is 19.3. The molecule has 1 aromatic carbocycles. The fourth-order valence-electron chi connectivity index (χ4n) is 3.06. The zero-order valence-electron chi connectivity index (χ0n) is 18.1.